The zero-order chi connectivity index (χ0) is 9.10. The van der Waals surface area contributed by atoms with Gasteiger partial charge in [0, 0.05) is 24.4 Å². The van der Waals surface area contributed by atoms with Gasteiger partial charge in [-0.3, -0.25) is 4.40 Å². The first-order chi connectivity index (χ1) is 6.40. The largest absolute Gasteiger partial charge is 0.396 e. The standard InChI is InChI=1S/C9H12N2OS/c12-5-2-1-3-8-7-11-4-6-13-9(11)10-8/h4,6-7,12H,1-3,5H2. The fourth-order valence-electron chi connectivity index (χ4n) is 1.31. The molecule has 0 aromatic carbocycles. The summed E-state index contributed by atoms with van der Waals surface area (Å²) in [5.41, 5.74) is 1.13. The molecule has 13 heavy (non-hydrogen) atoms. The number of imidazole rings is 1. The van der Waals surface area contributed by atoms with Crippen LogP contribution < -0.4 is 0 Å². The molecule has 2 aromatic rings. The zero-order valence-corrected chi connectivity index (χ0v) is 8.13. The van der Waals surface area contributed by atoms with Gasteiger partial charge in [0.15, 0.2) is 4.96 Å². The van der Waals surface area contributed by atoms with Gasteiger partial charge in [0.2, 0.25) is 0 Å². The van der Waals surface area contributed by atoms with Gasteiger partial charge in [-0.15, -0.1) is 11.3 Å². The normalized spacial score (nSPS) is 11.2. The summed E-state index contributed by atoms with van der Waals surface area (Å²) in [5.74, 6) is 0. The Morgan fingerprint density at radius 1 is 1.46 bits per heavy atom. The third kappa shape index (κ3) is 1.89. The monoisotopic (exact) mass is 196 g/mol. The number of aliphatic hydroxyl groups is 1. The summed E-state index contributed by atoms with van der Waals surface area (Å²) in [7, 11) is 0. The first kappa shape index (κ1) is 8.72. The Morgan fingerprint density at radius 2 is 2.38 bits per heavy atom. The number of aromatic nitrogens is 2. The van der Waals surface area contributed by atoms with Gasteiger partial charge in [-0.2, -0.15) is 0 Å². The summed E-state index contributed by atoms with van der Waals surface area (Å²) in [6.45, 7) is 0.280. The number of aryl methyl sites for hydroxylation is 1. The van der Waals surface area contributed by atoms with Crippen LogP contribution in [0.1, 0.15) is 18.5 Å². The number of hydrogen-bond donors (Lipinski definition) is 1. The van der Waals surface area contributed by atoms with Crippen molar-refractivity contribution in [2.75, 3.05) is 6.61 Å². The summed E-state index contributed by atoms with van der Waals surface area (Å²) >= 11 is 1.65. The minimum atomic E-state index is 0.280. The van der Waals surface area contributed by atoms with E-state index in [4.69, 9.17) is 5.11 Å². The van der Waals surface area contributed by atoms with Gasteiger partial charge in [0.25, 0.3) is 0 Å². The van der Waals surface area contributed by atoms with Crippen LogP contribution in [-0.2, 0) is 6.42 Å². The molecule has 0 saturated carbocycles. The van der Waals surface area contributed by atoms with E-state index in [2.05, 4.69) is 11.2 Å². The molecule has 0 aliphatic rings. The Balaban J connectivity index is 2.03. The summed E-state index contributed by atoms with van der Waals surface area (Å²) in [6, 6.07) is 0. The summed E-state index contributed by atoms with van der Waals surface area (Å²) in [6.07, 6.45) is 6.92. The maximum Gasteiger partial charge on any atom is 0.193 e. The molecular formula is C9H12N2OS. The van der Waals surface area contributed by atoms with Crippen LogP contribution in [0, 0.1) is 0 Å². The Morgan fingerprint density at radius 3 is 3.15 bits per heavy atom. The van der Waals surface area contributed by atoms with E-state index in [1.54, 1.807) is 11.3 Å². The first-order valence-electron chi connectivity index (χ1n) is 4.42. The lowest BCUT2D eigenvalue weighted by molar-refractivity contribution is 0.284. The topological polar surface area (TPSA) is 37.5 Å². The molecule has 0 spiro atoms. The van der Waals surface area contributed by atoms with Crippen LogP contribution >= 0.6 is 11.3 Å². The lowest BCUT2D eigenvalue weighted by Gasteiger charge is -1.92. The fraction of sp³-hybridized carbons (Fsp3) is 0.444. The summed E-state index contributed by atoms with van der Waals surface area (Å²) in [5, 5.41) is 10.6. The van der Waals surface area contributed by atoms with Crippen LogP contribution in [-0.4, -0.2) is 21.1 Å². The van der Waals surface area contributed by atoms with Crippen LogP contribution in [0.4, 0.5) is 0 Å². The van der Waals surface area contributed by atoms with Gasteiger partial charge in [0.05, 0.1) is 5.69 Å². The molecule has 3 nitrogen and oxygen atoms in total. The Bertz CT molecular complexity index is 351. The van der Waals surface area contributed by atoms with Crippen LogP contribution in [0.2, 0.25) is 0 Å². The number of fused-ring (bicyclic) bond motifs is 1. The highest BCUT2D eigenvalue weighted by Gasteiger charge is 2.01. The molecule has 70 valence electrons. The van der Waals surface area contributed by atoms with Gasteiger partial charge < -0.3 is 5.11 Å². The van der Waals surface area contributed by atoms with Crippen molar-refractivity contribution in [3.05, 3.63) is 23.5 Å². The highest BCUT2D eigenvalue weighted by molar-refractivity contribution is 7.15. The van der Waals surface area contributed by atoms with Gasteiger partial charge in [0.1, 0.15) is 0 Å². The molecule has 0 bridgehead atoms. The third-order valence-corrected chi connectivity index (χ3v) is 2.75. The van der Waals surface area contributed by atoms with E-state index < -0.39 is 0 Å². The quantitative estimate of drug-likeness (QED) is 0.756. The Hall–Kier alpha value is -0.870. The second-order valence-electron chi connectivity index (χ2n) is 3.01. The van der Waals surface area contributed by atoms with Gasteiger partial charge >= 0.3 is 0 Å². The predicted molar refractivity (Wildman–Crippen MR) is 53.1 cm³/mol. The number of thiazole rings is 1. The smallest absolute Gasteiger partial charge is 0.193 e. The average Bonchev–Trinajstić information content (AvgIpc) is 2.64. The van der Waals surface area contributed by atoms with Gasteiger partial charge in [-0.25, -0.2) is 4.98 Å². The SMILES string of the molecule is OCCCCc1cn2ccsc2n1. The van der Waals surface area contributed by atoms with Gasteiger partial charge in [-0.1, -0.05) is 0 Å². The first-order valence-corrected chi connectivity index (χ1v) is 5.30. The molecule has 0 amide bonds. The maximum absolute atomic E-state index is 8.62. The second kappa shape index (κ2) is 3.89. The molecule has 0 atom stereocenters. The van der Waals surface area contributed by atoms with Crippen LogP contribution in [0.15, 0.2) is 17.8 Å². The van der Waals surface area contributed by atoms with Crippen LogP contribution in [0.3, 0.4) is 0 Å². The zero-order valence-electron chi connectivity index (χ0n) is 7.31. The molecule has 0 unspecified atom stereocenters. The molecule has 0 radical (unpaired) electrons. The lowest BCUT2D eigenvalue weighted by Crippen LogP contribution is -1.88. The Labute approximate surface area is 80.7 Å². The molecule has 0 fully saturated rings. The third-order valence-electron chi connectivity index (χ3n) is 1.98. The number of nitrogens with zero attached hydrogens (tertiary/aromatic N) is 2. The van der Waals surface area contributed by atoms with E-state index in [0.29, 0.717) is 0 Å². The molecule has 4 heteroatoms. The highest BCUT2D eigenvalue weighted by Crippen LogP contribution is 2.12. The highest BCUT2D eigenvalue weighted by atomic mass is 32.1. The van der Waals surface area contributed by atoms with Crippen molar-refractivity contribution in [3.63, 3.8) is 0 Å². The summed E-state index contributed by atoms with van der Waals surface area (Å²) < 4.78 is 2.04. The molecule has 2 aromatic heterocycles. The predicted octanol–water partition coefficient (Wildman–Crippen LogP) is 1.71. The average molecular weight is 196 g/mol. The minimum Gasteiger partial charge on any atom is -0.396 e. The van der Waals surface area contributed by atoms with E-state index in [9.17, 15) is 0 Å². The number of aliphatic hydroxyl groups excluding tert-OH is 1. The molecule has 0 saturated heterocycles. The number of rotatable bonds is 4. The van der Waals surface area contributed by atoms with Crippen molar-refractivity contribution in [1.82, 2.24) is 9.38 Å². The maximum atomic E-state index is 8.62. The molecule has 0 aliphatic carbocycles. The van der Waals surface area contributed by atoms with Crippen molar-refractivity contribution in [3.8, 4) is 0 Å². The molecule has 0 aliphatic heterocycles. The van der Waals surface area contributed by atoms with E-state index in [1.165, 1.54) is 0 Å². The van der Waals surface area contributed by atoms with Crippen LogP contribution in [0.25, 0.3) is 4.96 Å². The minimum absolute atomic E-state index is 0.280. The number of hydrogen-bond acceptors (Lipinski definition) is 3. The van der Waals surface area contributed by atoms with Crippen molar-refractivity contribution in [2.24, 2.45) is 0 Å². The van der Waals surface area contributed by atoms with E-state index in [-0.39, 0.29) is 6.61 Å². The molecular weight excluding hydrogens is 184 g/mol. The molecule has 2 rings (SSSR count). The van der Waals surface area contributed by atoms with Crippen molar-refractivity contribution >= 4 is 16.3 Å². The van der Waals surface area contributed by atoms with Crippen molar-refractivity contribution in [1.29, 1.82) is 0 Å². The van der Waals surface area contributed by atoms with Crippen LogP contribution in [0.5, 0.6) is 0 Å². The van der Waals surface area contributed by atoms with Gasteiger partial charge in [-0.05, 0) is 19.3 Å². The van der Waals surface area contributed by atoms with Crippen molar-refractivity contribution < 1.29 is 5.11 Å². The Kier molecular flexibility index (Phi) is 2.61. The van der Waals surface area contributed by atoms with Crippen molar-refractivity contribution in [2.45, 2.75) is 19.3 Å². The fourth-order valence-corrected chi connectivity index (χ4v) is 2.03. The van der Waals surface area contributed by atoms with E-state index >= 15 is 0 Å². The molecule has 2 heterocycles. The second-order valence-corrected chi connectivity index (χ2v) is 3.88. The summed E-state index contributed by atoms with van der Waals surface area (Å²) in [4.78, 5) is 5.50. The lowest BCUT2D eigenvalue weighted by atomic mass is 10.2. The van der Waals surface area contributed by atoms with E-state index in [1.807, 2.05) is 16.0 Å². The number of unbranched alkanes of at least 4 members (excludes halogenated alkanes) is 1. The molecule has 1 N–H and O–H groups in total. The van der Waals surface area contributed by atoms with E-state index in [0.717, 1.165) is 29.9 Å².